The molecule has 0 rings (SSSR count). The van der Waals surface area contributed by atoms with Crippen molar-refractivity contribution in [2.24, 2.45) is 0 Å². The summed E-state index contributed by atoms with van der Waals surface area (Å²) in [6.45, 7) is 3.90. The van der Waals surface area contributed by atoms with E-state index in [4.69, 9.17) is 9.84 Å². The van der Waals surface area contributed by atoms with Crippen LogP contribution in [0, 0.1) is 0 Å². The molecule has 0 heterocycles. The summed E-state index contributed by atoms with van der Waals surface area (Å²) in [5.41, 5.74) is 0. The Bertz CT molecular complexity index is 82.9. The molecule has 0 spiro atoms. The molecule has 0 amide bonds. The largest absolute Gasteiger partial charge is 0.396 e. The fraction of sp³-hybridized carbons (Fsp3) is 0.714. The van der Waals surface area contributed by atoms with Crippen molar-refractivity contribution in [3.63, 3.8) is 0 Å². The zero-order valence-electron chi connectivity index (χ0n) is 6.25. The topological polar surface area (TPSA) is 38.7 Å². The van der Waals surface area contributed by atoms with Gasteiger partial charge in [-0.15, -0.1) is 6.58 Å². The van der Waals surface area contributed by atoms with Crippen LogP contribution in [0.25, 0.3) is 0 Å². The molecule has 0 bridgehead atoms. The second-order valence-corrected chi connectivity index (χ2v) is 1.86. The van der Waals surface area contributed by atoms with Crippen molar-refractivity contribution >= 4 is 0 Å². The third-order valence-electron chi connectivity index (χ3n) is 1.08. The lowest BCUT2D eigenvalue weighted by Crippen LogP contribution is -2.12. The van der Waals surface area contributed by atoms with E-state index in [0.29, 0.717) is 6.42 Å². The number of aliphatic hydroxyl groups excluding tert-OH is 1. The van der Waals surface area contributed by atoms with Crippen molar-refractivity contribution in [1.29, 1.82) is 0 Å². The van der Waals surface area contributed by atoms with Gasteiger partial charge < -0.3 is 14.6 Å². The lowest BCUT2D eigenvalue weighted by molar-refractivity contribution is -0.0605. The van der Waals surface area contributed by atoms with Crippen LogP contribution in [0.3, 0.4) is 0 Å². The molecule has 1 atom stereocenters. The quantitative estimate of drug-likeness (QED) is 0.439. The van der Waals surface area contributed by atoms with Gasteiger partial charge in [0.2, 0.25) is 0 Å². The molecule has 3 nitrogen and oxygen atoms in total. The first-order valence-corrected chi connectivity index (χ1v) is 3.19. The highest BCUT2D eigenvalue weighted by molar-refractivity contribution is 4.78. The molecule has 0 saturated heterocycles. The normalized spacial score (nSPS) is 13.0. The lowest BCUT2D eigenvalue weighted by Gasteiger charge is -2.10. The van der Waals surface area contributed by atoms with Crippen LogP contribution in [0.15, 0.2) is 12.7 Å². The van der Waals surface area contributed by atoms with Crippen LogP contribution in [-0.2, 0) is 9.47 Å². The number of hydrogen-bond acceptors (Lipinski definition) is 3. The molecule has 0 aliphatic rings. The Kier molecular flexibility index (Phi) is 6.48. The van der Waals surface area contributed by atoms with Crippen molar-refractivity contribution in [3.8, 4) is 0 Å². The van der Waals surface area contributed by atoms with Crippen LogP contribution >= 0.6 is 0 Å². The third kappa shape index (κ3) is 4.49. The standard InChI is InChI=1S/C7H14O3/c1-3-7(4-5-8)10-6-9-2/h3,7-8H,1,4-6H2,2H3/t7-/m0/s1. The summed E-state index contributed by atoms with van der Waals surface area (Å²) in [6, 6.07) is 0. The van der Waals surface area contributed by atoms with Crippen LogP contribution in [-0.4, -0.2) is 31.7 Å². The summed E-state index contributed by atoms with van der Waals surface area (Å²) in [5.74, 6) is 0. The zero-order valence-corrected chi connectivity index (χ0v) is 6.25. The van der Waals surface area contributed by atoms with Gasteiger partial charge >= 0.3 is 0 Å². The van der Waals surface area contributed by atoms with Gasteiger partial charge in [0.25, 0.3) is 0 Å². The summed E-state index contributed by atoms with van der Waals surface area (Å²) in [7, 11) is 1.55. The van der Waals surface area contributed by atoms with Crippen LogP contribution in [0.2, 0.25) is 0 Å². The van der Waals surface area contributed by atoms with Crippen LogP contribution < -0.4 is 0 Å². The molecule has 1 N–H and O–H groups in total. The number of rotatable bonds is 6. The molecular weight excluding hydrogens is 132 g/mol. The summed E-state index contributed by atoms with van der Waals surface area (Å²) in [5, 5.41) is 8.50. The van der Waals surface area contributed by atoms with Gasteiger partial charge in [-0.25, -0.2) is 0 Å². The number of ether oxygens (including phenoxy) is 2. The first-order valence-electron chi connectivity index (χ1n) is 3.19. The molecule has 0 unspecified atom stereocenters. The fourth-order valence-electron chi connectivity index (χ4n) is 0.552. The molecule has 3 heteroatoms. The molecule has 0 fully saturated rings. The van der Waals surface area contributed by atoms with Gasteiger partial charge in [-0.05, 0) is 0 Å². The summed E-state index contributed by atoms with van der Waals surface area (Å²) in [6.07, 6.45) is 2.13. The smallest absolute Gasteiger partial charge is 0.147 e. The average molecular weight is 146 g/mol. The van der Waals surface area contributed by atoms with Crippen molar-refractivity contribution in [2.75, 3.05) is 20.5 Å². The maximum Gasteiger partial charge on any atom is 0.147 e. The maximum absolute atomic E-state index is 8.50. The second kappa shape index (κ2) is 6.74. The van der Waals surface area contributed by atoms with Gasteiger partial charge in [0.15, 0.2) is 0 Å². The van der Waals surface area contributed by atoms with Crippen LogP contribution in [0.1, 0.15) is 6.42 Å². The Labute approximate surface area is 61.3 Å². The SMILES string of the molecule is C=C[C@@H](CCO)OCOC. The predicted octanol–water partition coefficient (Wildman–Crippen LogP) is 0.544. The van der Waals surface area contributed by atoms with E-state index in [-0.39, 0.29) is 19.5 Å². The van der Waals surface area contributed by atoms with Crippen LogP contribution in [0.4, 0.5) is 0 Å². The summed E-state index contributed by atoms with van der Waals surface area (Å²) < 4.78 is 9.75. The number of hydrogen-bond donors (Lipinski definition) is 1. The van der Waals surface area contributed by atoms with Crippen molar-refractivity contribution in [3.05, 3.63) is 12.7 Å². The Balaban J connectivity index is 3.29. The molecule has 0 saturated carbocycles. The maximum atomic E-state index is 8.50. The highest BCUT2D eigenvalue weighted by Gasteiger charge is 2.00. The van der Waals surface area contributed by atoms with E-state index in [9.17, 15) is 0 Å². The molecule has 0 aromatic heterocycles. The van der Waals surface area contributed by atoms with Gasteiger partial charge in [-0.2, -0.15) is 0 Å². The molecule has 0 aromatic rings. The van der Waals surface area contributed by atoms with E-state index in [2.05, 4.69) is 11.3 Å². The minimum Gasteiger partial charge on any atom is -0.396 e. The van der Waals surface area contributed by atoms with E-state index in [1.165, 1.54) is 0 Å². The second-order valence-electron chi connectivity index (χ2n) is 1.86. The number of methoxy groups -OCH3 is 1. The minimum absolute atomic E-state index is 0.0926. The molecule has 0 aliphatic heterocycles. The van der Waals surface area contributed by atoms with E-state index in [0.717, 1.165) is 0 Å². The van der Waals surface area contributed by atoms with Crippen molar-refractivity contribution < 1.29 is 14.6 Å². The number of aliphatic hydroxyl groups is 1. The predicted molar refractivity (Wildman–Crippen MR) is 38.6 cm³/mol. The first kappa shape index (κ1) is 9.62. The first-order chi connectivity index (χ1) is 4.85. The van der Waals surface area contributed by atoms with Crippen LogP contribution in [0.5, 0.6) is 0 Å². The van der Waals surface area contributed by atoms with Crippen molar-refractivity contribution in [1.82, 2.24) is 0 Å². The minimum atomic E-state index is -0.0926. The average Bonchev–Trinajstić information content (AvgIpc) is 1.98. The molecule has 0 aliphatic carbocycles. The van der Waals surface area contributed by atoms with Gasteiger partial charge in [0.1, 0.15) is 6.79 Å². The van der Waals surface area contributed by atoms with E-state index in [1.54, 1.807) is 13.2 Å². The molecule has 60 valence electrons. The van der Waals surface area contributed by atoms with Gasteiger partial charge in [0, 0.05) is 20.1 Å². The van der Waals surface area contributed by atoms with E-state index < -0.39 is 0 Å². The lowest BCUT2D eigenvalue weighted by atomic mass is 10.3. The Morgan fingerprint density at radius 2 is 2.40 bits per heavy atom. The highest BCUT2D eigenvalue weighted by Crippen LogP contribution is 1.97. The Morgan fingerprint density at radius 1 is 1.70 bits per heavy atom. The highest BCUT2D eigenvalue weighted by atomic mass is 16.7. The Hall–Kier alpha value is -0.380. The molecule has 0 radical (unpaired) electrons. The van der Waals surface area contributed by atoms with Gasteiger partial charge in [-0.1, -0.05) is 6.08 Å². The van der Waals surface area contributed by atoms with Gasteiger partial charge in [0.05, 0.1) is 6.10 Å². The zero-order chi connectivity index (χ0) is 7.82. The monoisotopic (exact) mass is 146 g/mol. The van der Waals surface area contributed by atoms with E-state index >= 15 is 0 Å². The fourth-order valence-corrected chi connectivity index (χ4v) is 0.552. The Morgan fingerprint density at radius 3 is 2.80 bits per heavy atom. The van der Waals surface area contributed by atoms with Crippen molar-refractivity contribution in [2.45, 2.75) is 12.5 Å². The molecule has 0 aromatic carbocycles. The summed E-state index contributed by atoms with van der Waals surface area (Å²) >= 11 is 0. The van der Waals surface area contributed by atoms with Gasteiger partial charge in [-0.3, -0.25) is 0 Å². The molecule has 10 heavy (non-hydrogen) atoms. The van der Waals surface area contributed by atoms with E-state index in [1.807, 2.05) is 0 Å². The molecular formula is C7H14O3. The third-order valence-corrected chi connectivity index (χ3v) is 1.08. The summed E-state index contributed by atoms with van der Waals surface area (Å²) in [4.78, 5) is 0.